The van der Waals surface area contributed by atoms with Crippen LogP contribution in [0.25, 0.3) is 43.1 Å². The molecule has 0 bridgehead atoms. The van der Waals surface area contributed by atoms with E-state index >= 15 is 0 Å². The molecule has 4 heteroatoms. The van der Waals surface area contributed by atoms with Crippen molar-refractivity contribution < 1.29 is 0 Å². The van der Waals surface area contributed by atoms with Crippen molar-refractivity contribution in [3.05, 3.63) is 131 Å². The lowest BCUT2D eigenvalue weighted by Gasteiger charge is -2.55. The number of benzene rings is 6. The third-order valence-electron chi connectivity index (χ3n) is 17.6. The Bertz CT molecular complexity index is 3140. The van der Waals surface area contributed by atoms with E-state index in [4.69, 9.17) is 0 Å². The Balaban J connectivity index is 1.28. The van der Waals surface area contributed by atoms with E-state index in [9.17, 15) is 0 Å². The lowest BCUT2D eigenvalue weighted by molar-refractivity contribution is 0.199. The van der Waals surface area contributed by atoms with Gasteiger partial charge in [-0.25, -0.2) is 0 Å². The Labute approximate surface area is 387 Å². The average Bonchev–Trinajstić information content (AvgIpc) is 3.73. The van der Waals surface area contributed by atoms with Crippen molar-refractivity contribution >= 4 is 72.0 Å². The first-order valence-electron chi connectivity index (χ1n) is 24.4. The summed E-state index contributed by atoms with van der Waals surface area (Å²) in [6, 6.07) is 41.2. The topological polar surface area (TPSA) is 6.48 Å². The van der Waals surface area contributed by atoms with Gasteiger partial charge < -0.3 is 9.71 Å². The second kappa shape index (κ2) is 13.0. The van der Waals surface area contributed by atoms with E-state index < -0.39 is 0 Å². The molecule has 2 unspecified atom stereocenters. The van der Waals surface area contributed by atoms with Crippen LogP contribution >= 0.6 is 11.3 Å². The standard InChI is InChI=1S/C60H65BN2S/c1-55(2,3)38-24-25-47(41(31-38)36-20-14-13-15-21-36)62-48-30-37-22-16-17-23-40(37)50-43-32-39(56(4,5)6)33-46-52(43)63(60(12)27-19-18-26-59(46,60)11)61(51(48)50)54-53(62)42-34-44-45(35-49(42)64-54)58(9,10)29-28-57(44,7)8/h13-17,20-25,30-35H,18-19,26-29H2,1-12H3. The predicted octanol–water partition coefficient (Wildman–Crippen LogP) is 15.6. The van der Waals surface area contributed by atoms with Crippen LogP contribution in [-0.2, 0) is 27.1 Å². The van der Waals surface area contributed by atoms with Crippen LogP contribution in [0.3, 0.4) is 0 Å². The summed E-state index contributed by atoms with van der Waals surface area (Å²) < 4.78 is 2.93. The van der Waals surface area contributed by atoms with E-state index in [0.717, 1.165) is 0 Å². The number of anilines is 4. The summed E-state index contributed by atoms with van der Waals surface area (Å²) in [5.41, 5.74) is 20.1. The summed E-state index contributed by atoms with van der Waals surface area (Å²) in [6.45, 7) is 29.7. The van der Waals surface area contributed by atoms with Crippen LogP contribution in [0.2, 0.25) is 0 Å². The Hall–Kier alpha value is -4.80. The highest BCUT2D eigenvalue weighted by molar-refractivity contribution is 7.32. The number of thiophene rings is 1. The maximum atomic E-state index is 3.05. The highest BCUT2D eigenvalue weighted by atomic mass is 32.1. The molecular weight excluding hydrogens is 792 g/mol. The monoisotopic (exact) mass is 856 g/mol. The van der Waals surface area contributed by atoms with Crippen LogP contribution < -0.4 is 20.0 Å². The Morgan fingerprint density at radius 3 is 1.94 bits per heavy atom. The normalized spacial score (nSPS) is 22.6. The lowest BCUT2D eigenvalue weighted by Crippen LogP contribution is -2.70. The molecule has 0 saturated heterocycles. The van der Waals surface area contributed by atoms with Gasteiger partial charge in [-0.2, -0.15) is 0 Å². The predicted molar refractivity (Wildman–Crippen MR) is 279 cm³/mol. The third kappa shape index (κ3) is 5.33. The molecule has 0 radical (unpaired) electrons. The number of nitrogens with zero attached hydrogens (tertiary/aromatic N) is 2. The van der Waals surface area contributed by atoms with Crippen LogP contribution in [0.15, 0.2) is 103 Å². The first kappa shape index (κ1) is 40.7. The van der Waals surface area contributed by atoms with Crippen molar-refractivity contribution in [2.75, 3.05) is 9.71 Å². The highest BCUT2D eigenvalue weighted by Gasteiger charge is 2.64. The van der Waals surface area contributed by atoms with E-state index in [1.165, 1.54) is 131 Å². The summed E-state index contributed by atoms with van der Waals surface area (Å²) in [4.78, 5) is 5.82. The molecule has 1 saturated carbocycles. The number of fused-ring (bicyclic) bond motifs is 12. The third-order valence-corrected chi connectivity index (χ3v) is 18.7. The molecule has 2 atom stereocenters. The van der Waals surface area contributed by atoms with Gasteiger partial charge in [0, 0.05) is 48.3 Å². The van der Waals surface area contributed by atoms with Gasteiger partial charge in [0.1, 0.15) is 0 Å². The second-order valence-electron chi connectivity index (χ2n) is 24.3. The Kier molecular flexibility index (Phi) is 8.24. The van der Waals surface area contributed by atoms with Gasteiger partial charge in [0.15, 0.2) is 0 Å². The smallest absolute Gasteiger partial charge is 0.339 e. The summed E-state index contributed by atoms with van der Waals surface area (Å²) in [6.07, 6.45) is 7.38. The van der Waals surface area contributed by atoms with Crippen LogP contribution in [0.1, 0.15) is 149 Å². The zero-order chi connectivity index (χ0) is 44.7. The van der Waals surface area contributed by atoms with E-state index in [-0.39, 0.29) is 39.5 Å². The van der Waals surface area contributed by atoms with Crippen molar-refractivity contribution in [1.82, 2.24) is 0 Å². The van der Waals surface area contributed by atoms with Crippen molar-refractivity contribution in [2.24, 2.45) is 0 Å². The molecule has 1 fully saturated rings. The molecule has 0 N–H and O–H groups in total. The van der Waals surface area contributed by atoms with Crippen molar-refractivity contribution in [1.29, 1.82) is 0 Å². The highest BCUT2D eigenvalue weighted by Crippen LogP contribution is 2.65. The minimum atomic E-state index is -0.0491. The molecule has 1 aromatic heterocycles. The Morgan fingerprint density at radius 2 is 1.22 bits per heavy atom. The summed E-state index contributed by atoms with van der Waals surface area (Å²) in [7, 11) is 0. The minimum Gasteiger partial charge on any atom is -0.399 e. The lowest BCUT2D eigenvalue weighted by atomic mass is 9.44. The average molecular weight is 857 g/mol. The largest absolute Gasteiger partial charge is 0.399 e. The van der Waals surface area contributed by atoms with Crippen LogP contribution in [0, 0.1) is 0 Å². The van der Waals surface area contributed by atoms with Crippen LogP contribution in [0.5, 0.6) is 0 Å². The van der Waals surface area contributed by atoms with Gasteiger partial charge in [-0.3, -0.25) is 0 Å². The van der Waals surface area contributed by atoms with Crippen molar-refractivity contribution in [3.8, 4) is 22.3 Å². The first-order valence-corrected chi connectivity index (χ1v) is 25.2. The molecule has 7 aromatic rings. The van der Waals surface area contributed by atoms with Gasteiger partial charge >= 0.3 is 6.85 Å². The SMILES string of the molecule is CC(C)(C)c1ccc(N2c3cc4ccccc4c4c3B(c3sc5cc6c(cc5c32)C(C)(C)CCC6(C)C)N2c3c-4cc(C(C)(C)C)cc3C3(C)CCCCC23C)c(-c2ccccc2)c1. The molecule has 324 valence electrons. The number of rotatable bonds is 2. The van der Waals surface area contributed by atoms with Gasteiger partial charge in [0.25, 0.3) is 0 Å². The zero-order valence-electron chi connectivity index (χ0n) is 40.4. The maximum Gasteiger partial charge on any atom is 0.339 e. The zero-order valence-corrected chi connectivity index (χ0v) is 41.3. The fourth-order valence-corrected chi connectivity index (χ4v) is 14.7. The van der Waals surface area contributed by atoms with Crippen molar-refractivity contribution in [3.63, 3.8) is 0 Å². The molecule has 6 aromatic carbocycles. The molecule has 0 spiro atoms. The van der Waals surface area contributed by atoms with Gasteiger partial charge in [-0.15, -0.1) is 11.3 Å². The number of hydrogen-bond acceptors (Lipinski definition) is 3. The fraction of sp³-hybridized carbons (Fsp3) is 0.400. The van der Waals surface area contributed by atoms with Gasteiger partial charge in [-0.05, 0) is 146 Å². The van der Waals surface area contributed by atoms with E-state index in [1.54, 1.807) is 11.1 Å². The van der Waals surface area contributed by atoms with Gasteiger partial charge in [-0.1, -0.05) is 156 Å². The summed E-state index contributed by atoms with van der Waals surface area (Å²) >= 11 is 2.10. The molecule has 0 amide bonds. The molecule has 64 heavy (non-hydrogen) atoms. The van der Waals surface area contributed by atoms with Crippen molar-refractivity contribution in [2.45, 2.75) is 154 Å². The van der Waals surface area contributed by atoms with Crippen LogP contribution in [-0.4, -0.2) is 12.4 Å². The minimum absolute atomic E-state index is 0.00111. The van der Waals surface area contributed by atoms with E-state index in [1.807, 2.05) is 0 Å². The van der Waals surface area contributed by atoms with Gasteiger partial charge in [0.05, 0.1) is 11.4 Å². The molecular formula is C60H65BN2S. The number of hydrogen-bond donors (Lipinski definition) is 0. The quantitative estimate of drug-likeness (QED) is 0.160. The first-order chi connectivity index (χ1) is 30.2. The maximum absolute atomic E-state index is 3.05. The molecule has 2 aliphatic carbocycles. The molecule has 2 nitrogen and oxygen atoms in total. The second-order valence-corrected chi connectivity index (χ2v) is 25.4. The van der Waals surface area contributed by atoms with Crippen LogP contribution in [0.4, 0.5) is 22.7 Å². The van der Waals surface area contributed by atoms with E-state index in [2.05, 4.69) is 207 Å². The summed E-state index contributed by atoms with van der Waals surface area (Å²) in [5.74, 6) is 0. The van der Waals surface area contributed by atoms with E-state index in [0.29, 0.717) is 0 Å². The molecule has 12 rings (SSSR count). The molecule has 5 aliphatic rings. The fourth-order valence-electron chi connectivity index (χ4n) is 13.4. The summed E-state index contributed by atoms with van der Waals surface area (Å²) in [5, 5.41) is 4.10. The molecule has 3 aliphatic heterocycles. The van der Waals surface area contributed by atoms with Gasteiger partial charge in [0.2, 0.25) is 0 Å². The molecule has 4 heterocycles. The Morgan fingerprint density at radius 1 is 0.562 bits per heavy atom.